The molecule has 0 fully saturated rings. The summed E-state index contributed by atoms with van der Waals surface area (Å²) in [5.74, 6) is 1.38. The molecule has 5 nitrogen and oxygen atoms in total. The Kier molecular flexibility index (Phi) is 4.69. The summed E-state index contributed by atoms with van der Waals surface area (Å²) in [5.41, 5.74) is 0.769. The molecular formula is C12H21N3O2. The van der Waals surface area contributed by atoms with Gasteiger partial charge < -0.3 is 14.8 Å². The molecule has 0 aliphatic carbocycles. The van der Waals surface area contributed by atoms with E-state index in [1.165, 1.54) is 6.33 Å². The number of ether oxygens (including phenoxy) is 2. The molecule has 1 aromatic rings. The van der Waals surface area contributed by atoms with Crippen molar-refractivity contribution in [2.75, 3.05) is 25.6 Å². The first-order chi connectivity index (χ1) is 7.94. The number of nitrogens with one attached hydrogen (secondary N) is 1. The minimum absolute atomic E-state index is 0.139. The van der Waals surface area contributed by atoms with Gasteiger partial charge in [0.25, 0.3) is 0 Å². The van der Waals surface area contributed by atoms with Crippen LogP contribution in [0.4, 0.5) is 5.82 Å². The van der Waals surface area contributed by atoms with E-state index in [1.54, 1.807) is 0 Å². The van der Waals surface area contributed by atoms with Crippen LogP contribution in [0.5, 0.6) is 5.88 Å². The highest BCUT2D eigenvalue weighted by Crippen LogP contribution is 2.19. The predicted molar refractivity (Wildman–Crippen MR) is 67.5 cm³/mol. The summed E-state index contributed by atoms with van der Waals surface area (Å²) < 4.78 is 11.1. The lowest BCUT2D eigenvalue weighted by Gasteiger charge is -2.19. The third kappa shape index (κ3) is 4.56. The van der Waals surface area contributed by atoms with E-state index in [0.29, 0.717) is 19.1 Å². The van der Waals surface area contributed by atoms with E-state index in [-0.39, 0.29) is 5.60 Å². The van der Waals surface area contributed by atoms with E-state index in [2.05, 4.69) is 15.3 Å². The van der Waals surface area contributed by atoms with Crippen molar-refractivity contribution in [2.45, 2.75) is 33.3 Å². The number of hydrogen-bond donors (Lipinski definition) is 1. The highest BCUT2D eigenvalue weighted by molar-refractivity contribution is 5.46. The first kappa shape index (κ1) is 13.7. The van der Waals surface area contributed by atoms with Gasteiger partial charge in [-0.3, -0.25) is 0 Å². The molecule has 0 amide bonds. The first-order valence-electron chi connectivity index (χ1n) is 5.70. The lowest BCUT2D eigenvalue weighted by atomic mass is 10.2. The van der Waals surface area contributed by atoms with Crippen molar-refractivity contribution >= 4 is 5.82 Å². The number of anilines is 1. The number of aromatic nitrogens is 2. The van der Waals surface area contributed by atoms with Crippen LogP contribution >= 0.6 is 0 Å². The van der Waals surface area contributed by atoms with Crippen LogP contribution in [0.15, 0.2) is 6.33 Å². The first-order valence-corrected chi connectivity index (χ1v) is 5.70. The largest absolute Gasteiger partial charge is 0.475 e. The summed E-state index contributed by atoms with van der Waals surface area (Å²) >= 11 is 0. The van der Waals surface area contributed by atoms with Crippen molar-refractivity contribution in [1.82, 2.24) is 9.97 Å². The van der Waals surface area contributed by atoms with Crippen LogP contribution in [0.3, 0.4) is 0 Å². The summed E-state index contributed by atoms with van der Waals surface area (Å²) in [4.78, 5) is 8.18. The highest BCUT2D eigenvalue weighted by Gasteiger charge is 2.10. The van der Waals surface area contributed by atoms with Gasteiger partial charge in [-0.2, -0.15) is 0 Å². The molecular weight excluding hydrogens is 218 g/mol. The van der Waals surface area contributed by atoms with Crippen molar-refractivity contribution in [2.24, 2.45) is 0 Å². The van der Waals surface area contributed by atoms with E-state index in [4.69, 9.17) is 9.47 Å². The fourth-order valence-corrected chi connectivity index (χ4v) is 1.32. The predicted octanol–water partition coefficient (Wildman–Crippen LogP) is 2.02. The van der Waals surface area contributed by atoms with Crippen LogP contribution in [0.1, 0.15) is 26.3 Å². The average molecular weight is 239 g/mol. The van der Waals surface area contributed by atoms with Crippen LogP contribution in [0.25, 0.3) is 0 Å². The van der Waals surface area contributed by atoms with Crippen LogP contribution < -0.4 is 10.1 Å². The zero-order chi connectivity index (χ0) is 12.9. The molecule has 0 aromatic carbocycles. The van der Waals surface area contributed by atoms with E-state index >= 15 is 0 Å². The quantitative estimate of drug-likeness (QED) is 0.797. The van der Waals surface area contributed by atoms with Crippen molar-refractivity contribution in [3.8, 4) is 5.88 Å². The van der Waals surface area contributed by atoms with Gasteiger partial charge in [0.1, 0.15) is 18.8 Å². The summed E-state index contributed by atoms with van der Waals surface area (Å²) in [6.07, 6.45) is 1.48. The molecule has 0 bridgehead atoms. The second-order valence-corrected chi connectivity index (χ2v) is 4.71. The Balaban J connectivity index is 2.47. The SMILES string of the molecule is CNc1ncnc(OCCOC(C)(C)C)c1C. The zero-order valence-corrected chi connectivity index (χ0v) is 11.2. The van der Waals surface area contributed by atoms with Crippen molar-refractivity contribution in [1.29, 1.82) is 0 Å². The molecule has 1 heterocycles. The maximum Gasteiger partial charge on any atom is 0.221 e. The van der Waals surface area contributed by atoms with Crippen molar-refractivity contribution in [3.63, 3.8) is 0 Å². The Morgan fingerprint density at radius 1 is 1.24 bits per heavy atom. The third-order valence-electron chi connectivity index (χ3n) is 2.13. The van der Waals surface area contributed by atoms with Gasteiger partial charge in [0.05, 0.1) is 17.8 Å². The van der Waals surface area contributed by atoms with Gasteiger partial charge in [0.15, 0.2) is 0 Å². The molecule has 1 rings (SSSR count). The molecule has 0 atom stereocenters. The summed E-state index contributed by atoms with van der Waals surface area (Å²) in [6.45, 7) is 9.00. The van der Waals surface area contributed by atoms with Crippen LogP contribution in [0.2, 0.25) is 0 Å². The smallest absolute Gasteiger partial charge is 0.221 e. The van der Waals surface area contributed by atoms with E-state index in [1.807, 2.05) is 34.7 Å². The van der Waals surface area contributed by atoms with Crippen molar-refractivity contribution < 1.29 is 9.47 Å². The number of nitrogens with zero attached hydrogens (tertiary/aromatic N) is 2. The van der Waals surface area contributed by atoms with Gasteiger partial charge in [0.2, 0.25) is 5.88 Å². The van der Waals surface area contributed by atoms with Gasteiger partial charge in [-0.25, -0.2) is 9.97 Å². The van der Waals surface area contributed by atoms with Gasteiger partial charge in [-0.15, -0.1) is 0 Å². The minimum atomic E-state index is -0.139. The summed E-state index contributed by atoms with van der Waals surface area (Å²) in [7, 11) is 1.82. The highest BCUT2D eigenvalue weighted by atomic mass is 16.5. The maximum atomic E-state index is 5.56. The lowest BCUT2D eigenvalue weighted by Crippen LogP contribution is -2.22. The van der Waals surface area contributed by atoms with Gasteiger partial charge >= 0.3 is 0 Å². The molecule has 5 heteroatoms. The van der Waals surface area contributed by atoms with Crippen molar-refractivity contribution in [3.05, 3.63) is 11.9 Å². The number of rotatable bonds is 5. The molecule has 17 heavy (non-hydrogen) atoms. The third-order valence-corrected chi connectivity index (χ3v) is 2.13. The van der Waals surface area contributed by atoms with E-state index in [0.717, 1.165) is 11.4 Å². The average Bonchev–Trinajstić information content (AvgIpc) is 2.25. The topological polar surface area (TPSA) is 56.3 Å². The molecule has 1 aromatic heterocycles. The number of hydrogen-bond acceptors (Lipinski definition) is 5. The monoisotopic (exact) mass is 239 g/mol. The van der Waals surface area contributed by atoms with Gasteiger partial charge in [-0.1, -0.05) is 0 Å². The summed E-state index contributed by atoms with van der Waals surface area (Å²) in [5, 5.41) is 2.99. The van der Waals surface area contributed by atoms with Crippen LogP contribution in [-0.4, -0.2) is 35.8 Å². The lowest BCUT2D eigenvalue weighted by molar-refractivity contribution is -0.0168. The van der Waals surface area contributed by atoms with Gasteiger partial charge in [0, 0.05) is 7.05 Å². The molecule has 1 N–H and O–H groups in total. The zero-order valence-electron chi connectivity index (χ0n) is 11.2. The molecule has 0 unspecified atom stereocenters. The van der Waals surface area contributed by atoms with Crippen LogP contribution in [0, 0.1) is 6.92 Å². The Bertz CT molecular complexity index is 361. The standard InChI is InChI=1S/C12H21N3O2/c1-9-10(13-5)14-8-15-11(9)16-6-7-17-12(2,3)4/h8H,6-7H2,1-5H3,(H,13,14,15). The second-order valence-electron chi connectivity index (χ2n) is 4.71. The molecule has 0 spiro atoms. The van der Waals surface area contributed by atoms with E-state index < -0.39 is 0 Å². The Morgan fingerprint density at radius 3 is 2.53 bits per heavy atom. The van der Waals surface area contributed by atoms with E-state index in [9.17, 15) is 0 Å². The minimum Gasteiger partial charge on any atom is -0.475 e. The van der Waals surface area contributed by atoms with Crippen LogP contribution in [-0.2, 0) is 4.74 Å². The second kappa shape index (κ2) is 5.82. The molecule has 0 saturated carbocycles. The summed E-state index contributed by atoms with van der Waals surface area (Å²) in [6, 6.07) is 0. The normalized spacial score (nSPS) is 11.4. The molecule has 0 saturated heterocycles. The Morgan fingerprint density at radius 2 is 1.94 bits per heavy atom. The Labute approximate surface area is 103 Å². The molecule has 0 aliphatic rings. The fourth-order valence-electron chi connectivity index (χ4n) is 1.32. The maximum absolute atomic E-state index is 5.56. The van der Waals surface area contributed by atoms with Gasteiger partial charge in [-0.05, 0) is 27.7 Å². The molecule has 96 valence electrons. The molecule has 0 radical (unpaired) electrons. The fraction of sp³-hybridized carbons (Fsp3) is 0.667. The molecule has 0 aliphatic heterocycles. The Hall–Kier alpha value is -1.36.